The van der Waals surface area contributed by atoms with Crippen LogP contribution in [0, 0.1) is 0 Å². The highest BCUT2D eigenvalue weighted by atomic mass is 16.1. The van der Waals surface area contributed by atoms with Crippen LogP contribution in [0.25, 0.3) is 0 Å². The number of nitrogens with zero attached hydrogens (tertiary/aromatic N) is 1. The second kappa shape index (κ2) is 5.38. The van der Waals surface area contributed by atoms with Gasteiger partial charge in [-0.1, -0.05) is 13.8 Å². The van der Waals surface area contributed by atoms with Crippen molar-refractivity contribution < 1.29 is 4.79 Å². The summed E-state index contributed by atoms with van der Waals surface area (Å²) in [7, 11) is 0. The van der Waals surface area contributed by atoms with Gasteiger partial charge in [-0.2, -0.15) is 0 Å². The number of anilines is 1. The van der Waals surface area contributed by atoms with Gasteiger partial charge in [0.1, 0.15) is 5.82 Å². The van der Waals surface area contributed by atoms with E-state index in [1.807, 2.05) is 19.1 Å². The maximum Gasteiger partial charge on any atom is 0.251 e. The molecule has 0 saturated heterocycles. The van der Waals surface area contributed by atoms with Crippen LogP contribution in [0.15, 0.2) is 12.1 Å². The highest BCUT2D eigenvalue weighted by molar-refractivity contribution is 5.95. The summed E-state index contributed by atoms with van der Waals surface area (Å²) in [4.78, 5) is 16.6. The summed E-state index contributed by atoms with van der Waals surface area (Å²) in [6, 6.07) is 4.10. The molecular formula is C14H21N3O. The van der Waals surface area contributed by atoms with Gasteiger partial charge >= 0.3 is 0 Å². The van der Waals surface area contributed by atoms with Crippen molar-refractivity contribution >= 4 is 11.7 Å². The highest BCUT2D eigenvalue weighted by Crippen LogP contribution is 2.21. The van der Waals surface area contributed by atoms with Crippen LogP contribution in [0.5, 0.6) is 0 Å². The molecule has 1 fully saturated rings. The Morgan fingerprint density at radius 3 is 2.72 bits per heavy atom. The van der Waals surface area contributed by atoms with E-state index in [0.29, 0.717) is 17.5 Å². The molecule has 98 valence electrons. The summed E-state index contributed by atoms with van der Waals surface area (Å²) >= 11 is 0. The number of pyridine rings is 1. The largest absolute Gasteiger partial charge is 0.370 e. The summed E-state index contributed by atoms with van der Waals surface area (Å²) < 4.78 is 0. The molecule has 0 radical (unpaired) electrons. The van der Waals surface area contributed by atoms with Crippen LogP contribution in [0.3, 0.4) is 0 Å². The summed E-state index contributed by atoms with van der Waals surface area (Å²) in [5.74, 6) is 1.11. The lowest BCUT2D eigenvalue weighted by Crippen LogP contribution is -2.25. The molecule has 4 heteroatoms. The number of carbonyl (C=O) groups is 1. The van der Waals surface area contributed by atoms with Crippen molar-refractivity contribution in [2.75, 3.05) is 11.9 Å². The normalized spacial score (nSPS) is 14.7. The minimum Gasteiger partial charge on any atom is -0.370 e. The van der Waals surface area contributed by atoms with Crippen molar-refractivity contribution in [3.63, 3.8) is 0 Å². The van der Waals surface area contributed by atoms with E-state index in [2.05, 4.69) is 29.5 Å². The van der Waals surface area contributed by atoms with Gasteiger partial charge < -0.3 is 10.6 Å². The number of aromatic nitrogens is 1. The lowest BCUT2D eigenvalue weighted by molar-refractivity contribution is 0.0951. The van der Waals surface area contributed by atoms with Gasteiger partial charge in [-0.25, -0.2) is 4.98 Å². The zero-order chi connectivity index (χ0) is 13.1. The number of hydrogen-bond donors (Lipinski definition) is 2. The van der Waals surface area contributed by atoms with Gasteiger partial charge in [0, 0.05) is 23.8 Å². The molecule has 1 saturated carbocycles. The first-order valence-corrected chi connectivity index (χ1v) is 6.67. The Kier molecular flexibility index (Phi) is 3.84. The Morgan fingerprint density at radius 2 is 2.17 bits per heavy atom. The molecule has 1 aliphatic rings. The number of amides is 1. The average molecular weight is 247 g/mol. The fourth-order valence-electron chi connectivity index (χ4n) is 1.75. The van der Waals surface area contributed by atoms with Crippen molar-refractivity contribution in [2.24, 2.45) is 0 Å². The molecule has 1 aromatic rings. The third-order valence-corrected chi connectivity index (χ3v) is 2.97. The van der Waals surface area contributed by atoms with Crippen LogP contribution in [0.2, 0.25) is 0 Å². The molecule has 0 atom stereocenters. The maximum absolute atomic E-state index is 12.1. The molecule has 1 heterocycles. The van der Waals surface area contributed by atoms with Crippen LogP contribution < -0.4 is 10.6 Å². The monoisotopic (exact) mass is 247 g/mol. The molecule has 1 aliphatic carbocycles. The molecule has 18 heavy (non-hydrogen) atoms. The van der Waals surface area contributed by atoms with E-state index < -0.39 is 0 Å². The Morgan fingerprint density at radius 1 is 1.44 bits per heavy atom. The summed E-state index contributed by atoms with van der Waals surface area (Å²) in [5, 5.41) is 6.19. The van der Waals surface area contributed by atoms with Crippen molar-refractivity contribution in [2.45, 2.75) is 45.6 Å². The molecule has 0 aliphatic heterocycles. The fraction of sp³-hybridized carbons (Fsp3) is 0.571. The molecule has 0 aromatic carbocycles. The predicted molar refractivity (Wildman–Crippen MR) is 73.0 cm³/mol. The van der Waals surface area contributed by atoms with E-state index in [-0.39, 0.29) is 5.91 Å². The zero-order valence-electron chi connectivity index (χ0n) is 11.3. The van der Waals surface area contributed by atoms with Gasteiger partial charge in [-0.05, 0) is 37.8 Å². The first-order chi connectivity index (χ1) is 8.60. The smallest absolute Gasteiger partial charge is 0.251 e. The van der Waals surface area contributed by atoms with Crippen molar-refractivity contribution in [3.8, 4) is 0 Å². The molecule has 2 rings (SSSR count). The molecule has 2 N–H and O–H groups in total. The van der Waals surface area contributed by atoms with Crippen LogP contribution in [0.1, 0.15) is 55.6 Å². The van der Waals surface area contributed by atoms with E-state index in [1.165, 1.54) is 0 Å². The number of carbonyl (C=O) groups excluding carboxylic acids is 1. The molecule has 0 bridgehead atoms. The lowest BCUT2D eigenvalue weighted by Gasteiger charge is -2.11. The van der Waals surface area contributed by atoms with Crippen molar-refractivity contribution in [1.29, 1.82) is 0 Å². The second-order valence-corrected chi connectivity index (χ2v) is 5.10. The highest BCUT2D eigenvalue weighted by Gasteiger charge is 2.24. The third-order valence-electron chi connectivity index (χ3n) is 2.97. The van der Waals surface area contributed by atoms with E-state index in [4.69, 9.17) is 0 Å². The van der Waals surface area contributed by atoms with Crippen LogP contribution >= 0.6 is 0 Å². The van der Waals surface area contributed by atoms with Crippen LogP contribution in [-0.4, -0.2) is 23.5 Å². The van der Waals surface area contributed by atoms with Crippen molar-refractivity contribution in [1.82, 2.24) is 10.3 Å². The van der Waals surface area contributed by atoms with Gasteiger partial charge in [0.05, 0.1) is 0 Å². The quantitative estimate of drug-likeness (QED) is 0.840. The number of hydrogen-bond acceptors (Lipinski definition) is 3. The maximum atomic E-state index is 12.1. The fourth-order valence-corrected chi connectivity index (χ4v) is 1.75. The van der Waals surface area contributed by atoms with E-state index in [0.717, 1.165) is 30.9 Å². The van der Waals surface area contributed by atoms with E-state index in [1.54, 1.807) is 0 Å². The van der Waals surface area contributed by atoms with E-state index in [9.17, 15) is 4.79 Å². The second-order valence-electron chi connectivity index (χ2n) is 5.10. The molecule has 0 unspecified atom stereocenters. The topological polar surface area (TPSA) is 54.0 Å². The van der Waals surface area contributed by atoms with Crippen LogP contribution in [-0.2, 0) is 0 Å². The lowest BCUT2D eigenvalue weighted by atomic mass is 10.1. The van der Waals surface area contributed by atoms with Crippen LogP contribution in [0.4, 0.5) is 5.82 Å². The summed E-state index contributed by atoms with van der Waals surface area (Å²) in [6.45, 7) is 6.99. The zero-order valence-corrected chi connectivity index (χ0v) is 11.3. The minimum absolute atomic E-state index is 0.0148. The van der Waals surface area contributed by atoms with Gasteiger partial charge in [-0.3, -0.25) is 4.79 Å². The predicted octanol–water partition coefficient (Wildman–Crippen LogP) is 2.53. The molecular weight excluding hydrogens is 226 g/mol. The number of nitrogens with one attached hydrogen (secondary N) is 2. The molecule has 0 spiro atoms. The summed E-state index contributed by atoms with van der Waals surface area (Å²) in [6.07, 6.45) is 2.21. The third kappa shape index (κ3) is 3.22. The molecule has 4 nitrogen and oxygen atoms in total. The Hall–Kier alpha value is -1.58. The minimum atomic E-state index is 0.0148. The van der Waals surface area contributed by atoms with Gasteiger partial charge in [0.15, 0.2) is 0 Å². The Labute approximate surface area is 108 Å². The number of rotatable bonds is 5. The van der Waals surface area contributed by atoms with Gasteiger partial charge in [-0.15, -0.1) is 0 Å². The molecule has 1 aromatic heterocycles. The SMILES string of the molecule is CCNc1cc(C(=O)NC2CC2)cc(C(C)C)n1. The Bertz CT molecular complexity index is 439. The van der Waals surface area contributed by atoms with Crippen molar-refractivity contribution in [3.05, 3.63) is 23.4 Å². The summed E-state index contributed by atoms with van der Waals surface area (Å²) in [5.41, 5.74) is 1.66. The van der Waals surface area contributed by atoms with Gasteiger partial charge in [0.2, 0.25) is 0 Å². The Balaban J connectivity index is 2.23. The van der Waals surface area contributed by atoms with Gasteiger partial charge in [0.25, 0.3) is 5.91 Å². The molecule has 1 amide bonds. The van der Waals surface area contributed by atoms with E-state index >= 15 is 0 Å². The standard InChI is InChI=1S/C14H21N3O/c1-4-15-13-8-10(7-12(17-13)9(2)3)14(18)16-11-5-6-11/h7-9,11H,4-6H2,1-3H3,(H,15,17)(H,16,18). The first kappa shape index (κ1) is 12.9. The first-order valence-electron chi connectivity index (χ1n) is 6.67. The average Bonchev–Trinajstić information content (AvgIpc) is 3.13.